The summed E-state index contributed by atoms with van der Waals surface area (Å²) in [5.41, 5.74) is 8.37. The third-order valence-electron chi connectivity index (χ3n) is 2.24. The van der Waals surface area contributed by atoms with Gasteiger partial charge in [-0.3, -0.25) is 0 Å². The molecule has 0 fully saturated rings. The van der Waals surface area contributed by atoms with Gasteiger partial charge in [-0.1, -0.05) is 13.0 Å². The van der Waals surface area contributed by atoms with Crippen LogP contribution in [0.2, 0.25) is 0 Å². The molecule has 1 heterocycles. The van der Waals surface area contributed by atoms with Crippen LogP contribution in [0.4, 0.5) is 17.2 Å². The third kappa shape index (κ3) is 2.48. The lowest BCUT2D eigenvalue weighted by Gasteiger charge is -2.06. The zero-order chi connectivity index (χ0) is 11.4. The predicted octanol–water partition coefficient (Wildman–Crippen LogP) is 2.36. The number of nitrogens with zero attached hydrogens (tertiary/aromatic N) is 2. The molecule has 0 bridgehead atoms. The maximum Gasteiger partial charge on any atom is 0.133 e. The van der Waals surface area contributed by atoms with Crippen molar-refractivity contribution in [3.05, 3.63) is 42.4 Å². The van der Waals surface area contributed by atoms with E-state index in [0.717, 1.165) is 29.3 Å². The number of nitrogens with one attached hydrogen (secondary N) is 1. The van der Waals surface area contributed by atoms with Gasteiger partial charge in [0, 0.05) is 23.1 Å². The third-order valence-corrected chi connectivity index (χ3v) is 2.24. The molecule has 4 nitrogen and oxygen atoms in total. The van der Waals surface area contributed by atoms with Gasteiger partial charge in [0.2, 0.25) is 0 Å². The average molecular weight is 214 g/mol. The summed E-state index contributed by atoms with van der Waals surface area (Å²) in [4.78, 5) is 8.29. The van der Waals surface area contributed by atoms with E-state index in [1.165, 1.54) is 0 Å². The van der Waals surface area contributed by atoms with Gasteiger partial charge in [-0.2, -0.15) is 0 Å². The summed E-state index contributed by atoms with van der Waals surface area (Å²) in [6, 6.07) is 9.50. The summed E-state index contributed by atoms with van der Waals surface area (Å²) >= 11 is 0. The number of benzene rings is 1. The molecule has 2 rings (SSSR count). The van der Waals surface area contributed by atoms with Crippen LogP contribution in [-0.2, 0) is 6.42 Å². The van der Waals surface area contributed by atoms with Crippen molar-refractivity contribution in [2.75, 3.05) is 11.1 Å². The Hall–Kier alpha value is -2.10. The number of nitrogen functional groups attached to an aromatic ring is 1. The summed E-state index contributed by atoms with van der Waals surface area (Å²) in [7, 11) is 0. The summed E-state index contributed by atoms with van der Waals surface area (Å²) in [5.74, 6) is 0.789. The Kier molecular flexibility index (Phi) is 3.00. The molecule has 0 atom stereocenters. The maximum absolute atomic E-state index is 5.70. The van der Waals surface area contributed by atoms with E-state index in [1.54, 1.807) is 6.33 Å². The Labute approximate surface area is 94.5 Å². The van der Waals surface area contributed by atoms with E-state index in [1.807, 2.05) is 30.3 Å². The summed E-state index contributed by atoms with van der Waals surface area (Å²) in [5, 5.41) is 3.19. The molecular formula is C12H14N4. The Balaban J connectivity index is 2.20. The lowest BCUT2D eigenvalue weighted by atomic mass is 10.2. The molecule has 0 aliphatic carbocycles. The highest BCUT2D eigenvalue weighted by Gasteiger charge is 1.98. The summed E-state index contributed by atoms with van der Waals surface area (Å²) in [6.07, 6.45) is 2.46. The van der Waals surface area contributed by atoms with Crippen LogP contribution in [-0.4, -0.2) is 9.97 Å². The fourth-order valence-electron chi connectivity index (χ4n) is 1.42. The summed E-state index contributed by atoms with van der Waals surface area (Å²) < 4.78 is 0. The molecule has 1 aromatic carbocycles. The van der Waals surface area contributed by atoms with Gasteiger partial charge in [0.05, 0.1) is 0 Å². The van der Waals surface area contributed by atoms with Gasteiger partial charge in [0.1, 0.15) is 12.1 Å². The molecule has 0 aliphatic rings. The fraction of sp³-hybridized carbons (Fsp3) is 0.167. The number of hydrogen-bond acceptors (Lipinski definition) is 4. The smallest absolute Gasteiger partial charge is 0.133 e. The Morgan fingerprint density at radius 2 is 2.12 bits per heavy atom. The van der Waals surface area contributed by atoms with Crippen LogP contribution >= 0.6 is 0 Å². The molecular weight excluding hydrogens is 200 g/mol. The van der Waals surface area contributed by atoms with E-state index < -0.39 is 0 Å². The van der Waals surface area contributed by atoms with Gasteiger partial charge in [-0.05, 0) is 24.6 Å². The van der Waals surface area contributed by atoms with E-state index >= 15 is 0 Å². The predicted molar refractivity (Wildman–Crippen MR) is 65.5 cm³/mol. The second-order valence-electron chi connectivity index (χ2n) is 3.50. The molecule has 0 aliphatic heterocycles. The van der Waals surface area contributed by atoms with Crippen LogP contribution in [0.25, 0.3) is 0 Å². The first-order valence-electron chi connectivity index (χ1n) is 5.21. The van der Waals surface area contributed by atoms with Crippen molar-refractivity contribution in [3.63, 3.8) is 0 Å². The molecule has 82 valence electrons. The number of nitrogens with two attached hydrogens (primary N) is 1. The second kappa shape index (κ2) is 4.61. The zero-order valence-corrected chi connectivity index (χ0v) is 9.14. The maximum atomic E-state index is 5.70. The van der Waals surface area contributed by atoms with Crippen molar-refractivity contribution in [2.24, 2.45) is 0 Å². The first kappa shape index (κ1) is 10.4. The largest absolute Gasteiger partial charge is 0.399 e. The molecule has 0 saturated heterocycles. The minimum Gasteiger partial charge on any atom is -0.399 e. The topological polar surface area (TPSA) is 63.8 Å². The molecule has 16 heavy (non-hydrogen) atoms. The monoisotopic (exact) mass is 214 g/mol. The minimum absolute atomic E-state index is 0.731. The van der Waals surface area contributed by atoms with Gasteiger partial charge >= 0.3 is 0 Å². The molecule has 1 aromatic heterocycles. The van der Waals surface area contributed by atoms with Crippen molar-refractivity contribution in [3.8, 4) is 0 Å². The van der Waals surface area contributed by atoms with Crippen molar-refractivity contribution in [1.29, 1.82) is 0 Å². The molecule has 0 unspecified atom stereocenters. The zero-order valence-electron chi connectivity index (χ0n) is 9.14. The van der Waals surface area contributed by atoms with Gasteiger partial charge in [0.25, 0.3) is 0 Å². The van der Waals surface area contributed by atoms with Crippen molar-refractivity contribution in [2.45, 2.75) is 13.3 Å². The minimum atomic E-state index is 0.731. The first-order chi connectivity index (χ1) is 7.78. The van der Waals surface area contributed by atoms with Gasteiger partial charge in [-0.25, -0.2) is 9.97 Å². The molecule has 0 saturated carbocycles. The van der Waals surface area contributed by atoms with Crippen LogP contribution in [0, 0.1) is 0 Å². The van der Waals surface area contributed by atoms with Crippen LogP contribution in [0.3, 0.4) is 0 Å². The van der Waals surface area contributed by atoms with Crippen LogP contribution < -0.4 is 11.1 Å². The highest BCUT2D eigenvalue weighted by Crippen LogP contribution is 2.17. The van der Waals surface area contributed by atoms with Crippen LogP contribution in [0.15, 0.2) is 36.7 Å². The quantitative estimate of drug-likeness (QED) is 0.770. The van der Waals surface area contributed by atoms with Crippen molar-refractivity contribution >= 4 is 17.2 Å². The van der Waals surface area contributed by atoms with Crippen molar-refractivity contribution in [1.82, 2.24) is 9.97 Å². The molecule has 4 heteroatoms. The van der Waals surface area contributed by atoms with Gasteiger partial charge < -0.3 is 11.1 Å². The average Bonchev–Trinajstić information content (AvgIpc) is 2.29. The number of rotatable bonds is 3. The van der Waals surface area contributed by atoms with E-state index in [4.69, 9.17) is 5.73 Å². The fourth-order valence-corrected chi connectivity index (χ4v) is 1.42. The highest BCUT2D eigenvalue weighted by atomic mass is 15.0. The molecule has 0 amide bonds. The normalized spacial score (nSPS) is 10.1. The van der Waals surface area contributed by atoms with E-state index in [2.05, 4.69) is 22.2 Å². The molecule has 2 aromatic rings. The molecule has 3 N–H and O–H groups in total. The van der Waals surface area contributed by atoms with Gasteiger partial charge in [-0.15, -0.1) is 0 Å². The van der Waals surface area contributed by atoms with Crippen LogP contribution in [0.5, 0.6) is 0 Å². The number of anilines is 3. The lowest BCUT2D eigenvalue weighted by Crippen LogP contribution is -1.97. The Morgan fingerprint density at radius 3 is 2.88 bits per heavy atom. The lowest BCUT2D eigenvalue weighted by molar-refractivity contribution is 1.00. The number of hydrogen-bond donors (Lipinski definition) is 2. The number of aromatic nitrogens is 2. The summed E-state index contributed by atoms with van der Waals surface area (Å²) in [6.45, 7) is 2.06. The molecule has 0 radical (unpaired) electrons. The van der Waals surface area contributed by atoms with E-state index in [9.17, 15) is 0 Å². The molecule has 0 spiro atoms. The van der Waals surface area contributed by atoms with Gasteiger partial charge in [0.15, 0.2) is 0 Å². The Morgan fingerprint density at radius 1 is 1.25 bits per heavy atom. The second-order valence-corrected chi connectivity index (χ2v) is 3.50. The highest BCUT2D eigenvalue weighted by molar-refractivity contribution is 5.61. The number of aryl methyl sites for hydroxylation is 1. The Bertz CT molecular complexity index is 482. The first-order valence-corrected chi connectivity index (χ1v) is 5.21. The van der Waals surface area contributed by atoms with E-state index in [0.29, 0.717) is 0 Å². The van der Waals surface area contributed by atoms with Crippen molar-refractivity contribution < 1.29 is 0 Å². The van der Waals surface area contributed by atoms with Crippen LogP contribution in [0.1, 0.15) is 12.6 Å². The van der Waals surface area contributed by atoms with E-state index in [-0.39, 0.29) is 0 Å². The standard InChI is InChI=1S/C12H14N4/c1-2-10-7-12(15-8-14-10)16-11-5-3-4-9(13)6-11/h3-8H,2,13H2,1H3,(H,14,15,16). The SMILES string of the molecule is CCc1cc(Nc2cccc(N)c2)ncn1.